The van der Waals surface area contributed by atoms with E-state index in [-0.39, 0.29) is 0 Å². The van der Waals surface area contributed by atoms with Crippen LogP contribution in [0.3, 0.4) is 0 Å². The van der Waals surface area contributed by atoms with Gasteiger partial charge in [0.25, 0.3) is 5.89 Å². The second kappa shape index (κ2) is 5.09. The van der Waals surface area contributed by atoms with E-state index in [0.29, 0.717) is 12.4 Å². The Morgan fingerprint density at radius 1 is 1.30 bits per heavy atom. The lowest BCUT2D eigenvalue weighted by Gasteiger charge is -2.05. The van der Waals surface area contributed by atoms with Gasteiger partial charge in [-0.2, -0.15) is 4.68 Å². The molecule has 0 aliphatic carbocycles. The van der Waals surface area contributed by atoms with Crippen molar-refractivity contribution in [2.24, 2.45) is 0 Å². The zero-order valence-corrected chi connectivity index (χ0v) is 12.1. The van der Waals surface area contributed by atoms with Crippen LogP contribution in [-0.2, 0) is 6.54 Å². The third kappa shape index (κ3) is 2.44. The van der Waals surface area contributed by atoms with Crippen LogP contribution in [0.15, 0.2) is 44.9 Å². The minimum Gasteiger partial charge on any atom is -0.387 e. The molecule has 0 N–H and O–H groups in total. The van der Waals surface area contributed by atoms with E-state index in [4.69, 9.17) is 4.42 Å². The van der Waals surface area contributed by atoms with Gasteiger partial charge in [-0.3, -0.25) is 0 Å². The third-order valence-corrected chi connectivity index (χ3v) is 4.02. The molecule has 2 heterocycles. The fourth-order valence-corrected chi connectivity index (χ4v) is 2.68. The summed E-state index contributed by atoms with van der Waals surface area (Å²) in [5.41, 5.74) is 3.39. The number of benzene rings is 1. The van der Waals surface area contributed by atoms with Crippen LogP contribution in [-0.4, -0.2) is 9.78 Å². The van der Waals surface area contributed by atoms with Crippen LogP contribution in [0.5, 0.6) is 0 Å². The Kier molecular flexibility index (Phi) is 3.28. The highest BCUT2D eigenvalue weighted by molar-refractivity contribution is 7.13. The van der Waals surface area contributed by atoms with E-state index in [0.717, 1.165) is 16.0 Å². The number of hydrogen-bond acceptors (Lipinski definition) is 4. The Bertz CT molecular complexity index is 785. The molecule has 5 heteroatoms. The fraction of sp³-hybridized carbons (Fsp3) is 0.200. The van der Waals surface area contributed by atoms with Crippen molar-refractivity contribution >= 4 is 11.3 Å². The van der Waals surface area contributed by atoms with Gasteiger partial charge in [0.05, 0.1) is 11.4 Å². The highest BCUT2D eigenvalue weighted by Gasteiger charge is 2.12. The maximum atomic E-state index is 11.9. The number of hydrogen-bond donors (Lipinski definition) is 0. The highest BCUT2D eigenvalue weighted by atomic mass is 32.1. The van der Waals surface area contributed by atoms with Crippen LogP contribution in [0.2, 0.25) is 0 Å². The number of rotatable bonds is 3. The fourth-order valence-electron chi connectivity index (χ4n) is 2.04. The third-order valence-electron chi connectivity index (χ3n) is 3.16. The normalized spacial score (nSPS) is 10.9. The molecule has 0 radical (unpaired) electrons. The minimum absolute atomic E-state index is 0.385. The van der Waals surface area contributed by atoms with Crippen molar-refractivity contribution in [2.45, 2.75) is 20.4 Å². The van der Waals surface area contributed by atoms with Crippen molar-refractivity contribution in [2.75, 3.05) is 0 Å². The Labute approximate surface area is 120 Å². The first-order valence-electron chi connectivity index (χ1n) is 6.31. The molecule has 0 aliphatic heterocycles. The van der Waals surface area contributed by atoms with Gasteiger partial charge in [-0.05, 0) is 36.4 Å². The first-order chi connectivity index (χ1) is 9.63. The number of nitrogens with zero attached hydrogens (tertiary/aromatic N) is 2. The second-order valence-electron chi connectivity index (χ2n) is 4.74. The van der Waals surface area contributed by atoms with Crippen molar-refractivity contribution in [3.05, 3.63) is 63.0 Å². The van der Waals surface area contributed by atoms with Crippen molar-refractivity contribution in [1.29, 1.82) is 0 Å². The Morgan fingerprint density at radius 2 is 2.15 bits per heavy atom. The second-order valence-corrected chi connectivity index (χ2v) is 5.69. The average molecular weight is 286 g/mol. The van der Waals surface area contributed by atoms with E-state index in [1.165, 1.54) is 21.6 Å². The average Bonchev–Trinajstić information content (AvgIpc) is 3.04. The monoisotopic (exact) mass is 286 g/mol. The maximum Gasteiger partial charge on any atom is 0.437 e. The molecule has 4 nitrogen and oxygen atoms in total. The highest BCUT2D eigenvalue weighted by Crippen LogP contribution is 2.21. The Morgan fingerprint density at radius 3 is 2.90 bits per heavy atom. The van der Waals surface area contributed by atoms with E-state index in [1.54, 1.807) is 0 Å². The van der Waals surface area contributed by atoms with Gasteiger partial charge in [-0.25, -0.2) is 4.79 Å². The smallest absolute Gasteiger partial charge is 0.387 e. The SMILES string of the molecule is Cc1ccc(C)c(Cn2nc(-c3cccs3)oc2=O)c1. The maximum absolute atomic E-state index is 11.9. The zero-order chi connectivity index (χ0) is 14.1. The summed E-state index contributed by atoms with van der Waals surface area (Å²) in [6.45, 7) is 4.49. The summed E-state index contributed by atoms with van der Waals surface area (Å²) in [5.74, 6) is -0.0374. The Hall–Kier alpha value is -2.14. The summed E-state index contributed by atoms with van der Waals surface area (Å²) in [6.07, 6.45) is 0. The summed E-state index contributed by atoms with van der Waals surface area (Å²) in [6, 6.07) is 9.97. The summed E-state index contributed by atoms with van der Waals surface area (Å²) >= 11 is 1.50. The van der Waals surface area contributed by atoms with E-state index in [2.05, 4.69) is 23.3 Å². The number of thiophene rings is 1. The lowest BCUT2D eigenvalue weighted by molar-refractivity contribution is 0.495. The minimum atomic E-state index is -0.422. The number of aryl methyl sites for hydroxylation is 2. The molecule has 102 valence electrons. The van der Waals surface area contributed by atoms with Crippen LogP contribution < -0.4 is 5.76 Å². The van der Waals surface area contributed by atoms with Crippen LogP contribution >= 0.6 is 11.3 Å². The van der Waals surface area contributed by atoms with Crippen LogP contribution in [0, 0.1) is 13.8 Å². The molecular weight excluding hydrogens is 272 g/mol. The standard InChI is InChI=1S/C15H14N2O2S/c1-10-5-6-11(2)12(8-10)9-17-15(18)19-14(16-17)13-4-3-7-20-13/h3-8H,9H2,1-2H3. The molecule has 20 heavy (non-hydrogen) atoms. The molecule has 0 aliphatic rings. The summed E-state index contributed by atoms with van der Waals surface area (Å²) < 4.78 is 6.58. The van der Waals surface area contributed by atoms with Crippen LogP contribution in [0.25, 0.3) is 10.8 Å². The summed E-state index contributed by atoms with van der Waals surface area (Å²) in [7, 11) is 0. The molecule has 0 saturated carbocycles. The van der Waals surface area contributed by atoms with Crippen molar-refractivity contribution in [3.63, 3.8) is 0 Å². The molecule has 0 fully saturated rings. The zero-order valence-electron chi connectivity index (χ0n) is 11.3. The predicted octanol–water partition coefficient (Wildman–Crippen LogP) is 3.23. The Balaban J connectivity index is 1.95. The molecule has 0 bridgehead atoms. The van der Waals surface area contributed by atoms with Crippen molar-refractivity contribution in [1.82, 2.24) is 9.78 Å². The molecule has 0 amide bonds. The van der Waals surface area contributed by atoms with Gasteiger partial charge >= 0.3 is 5.76 Å². The lowest BCUT2D eigenvalue weighted by Crippen LogP contribution is -2.17. The van der Waals surface area contributed by atoms with Gasteiger partial charge in [0.1, 0.15) is 0 Å². The quantitative estimate of drug-likeness (QED) is 0.742. The van der Waals surface area contributed by atoms with Gasteiger partial charge in [-0.15, -0.1) is 16.4 Å². The summed E-state index contributed by atoms with van der Waals surface area (Å²) in [4.78, 5) is 12.7. The van der Waals surface area contributed by atoms with Crippen molar-refractivity contribution < 1.29 is 4.42 Å². The van der Waals surface area contributed by atoms with Crippen molar-refractivity contribution in [3.8, 4) is 10.8 Å². The molecular formula is C15H14N2O2S. The molecule has 0 spiro atoms. The van der Waals surface area contributed by atoms with Crippen LogP contribution in [0.4, 0.5) is 0 Å². The van der Waals surface area contributed by atoms with Crippen LogP contribution in [0.1, 0.15) is 16.7 Å². The van der Waals surface area contributed by atoms with Gasteiger partial charge < -0.3 is 4.42 Å². The van der Waals surface area contributed by atoms with Gasteiger partial charge in [-0.1, -0.05) is 29.8 Å². The number of aromatic nitrogens is 2. The predicted molar refractivity (Wildman–Crippen MR) is 79.1 cm³/mol. The molecule has 3 aromatic rings. The molecule has 0 atom stereocenters. The first kappa shape index (κ1) is 12.9. The topological polar surface area (TPSA) is 48.0 Å². The lowest BCUT2D eigenvalue weighted by atomic mass is 10.1. The molecule has 0 unspecified atom stereocenters. The molecule has 3 rings (SSSR count). The molecule has 2 aromatic heterocycles. The first-order valence-corrected chi connectivity index (χ1v) is 7.19. The van der Waals surface area contributed by atoms with E-state index in [9.17, 15) is 4.79 Å². The molecule has 0 saturated heterocycles. The van der Waals surface area contributed by atoms with Gasteiger partial charge in [0.15, 0.2) is 0 Å². The largest absolute Gasteiger partial charge is 0.437 e. The molecule has 1 aromatic carbocycles. The van der Waals surface area contributed by atoms with Gasteiger partial charge in [0.2, 0.25) is 0 Å². The van der Waals surface area contributed by atoms with E-state index < -0.39 is 5.76 Å². The van der Waals surface area contributed by atoms with E-state index in [1.807, 2.05) is 31.4 Å². The van der Waals surface area contributed by atoms with Gasteiger partial charge in [0, 0.05) is 0 Å². The van der Waals surface area contributed by atoms with E-state index >= 15 is 0 Å². The summed E-state index contributed by atoms with van der Waals surface area (Å²) in [5, 5.41) is 6.20.